The first-order chi connectivity index (χ1) is 17.0. The van der Waals surface area contributed by atoms with Gasteiger partial charge >= 0.3 is 0 Å². The van der Waals surface area contributed by atoms with E-state index >= 15 is 0 Å². The van der Waals surface area contributed by atoms with Crippen molar-refractivity contribution in [3.63, 3.8) is 0 Å². The highest BCUT2D eigenvalue weighted by Crippen LogP contribution is 2.51. The maximum atomic E-state index is 13.8. The summed E-state index contributed by atoms with van der Waals surface area (Å²) >= 11 is 0. The Kier molecular flexibility index (Phi) is 5.98. The van der Waals surface area contributed by atoms with E-state index in [1.54, 1.807) is 0 Å². The van der Waals surface area contributed by atoms with E-state index in [4.69, 9.17) is 0 Å². The standard InChI is InChI=1S/C34H38O2/c1-17(2)23-11-9-19(5)29-25(15-23)21(7)13-27(29)31-33(35)32(34(31)36)28-14-22(8)26-16-24(18(3)4)12-10-20(6)30(26)28/h9-11,14-18,24,35H,12-13H2,1-8H3. The van der Waals surface area contributed by atoms with E-state index in [1.165, 1.54) is 33.4 Å². The molecule has 5 aliphatic rings. The van der Waals surface area contributed by atoms with Crippen LogP contribution < -0.4 is 0 Å². The zero-order valence-corrected chi connectivity index (χ0v) is 23.0. The van der Waals surface area contributed by atoms with E-state index in [0.717, 1.165) is 34.3 Å². The average Bonchev–Trinajstić information content (AvgIpc) is 3.11. The van der Waals surface area contributed by atoms with Gasteiger partial charge < -0.3 is 5.11 Å². The van der Waals surface area contributed by atoms with Gasteiger partial charge in [-0.2, -0.15) is 0 Å². The Hall–Kier alpha value is -3.13. The molecular formula is C34H38O2. The Labute approximate surface area is 216 Å². The average molecular weight is 479 g/mol. The minimum absolute atomic E-state index is 0.0246. The Balaban J connectivity index is 1.64. The molecule has 5 aliphatic carbocycles. The summed E-state index contributed by atoms with van der Waals surface area (Å²) in [6.07, 6.45) is 15.1. The lowest BCUT2D eigenvalue weighted by molar-refractivity contribution is -0.113. The largest absolute Gasteiger partial charge is 0.506 e. The fourth-order valence-corrected chi connectivity index (χ4v) is 6.20. The van der Waals surface area contributed by atoms with E-state index in [-0.39, 0.29) is 11.5 Å². The van der Waals surface area contributed by atoms with Crippen LogP contribution in [0.25, 0.3) is 0 Å². The molecule has 1 N–H and O–H groups in total. The molecule has 5 rings (SSSR count). The smallest absolute Gasteiger partial charge is 0.201 e. The van der Waals surface area contributed by atoms with Crippen molar-refractivity contribution in [2.24, 2.45) is 17.8 Å². The van der Waals surface area contributed by atoms with Crippen molar-refractivity contribution >= 4 is 5.78 Å². The first kappa shape index (κ1) is 24.6. The molecule has 1 atom stereocenters. The van der Waals surface area contributed by atoms with E-state index in [9.17, 15) is 9.90 Å². The number of hydrogen-bond donors (Lipinski definition) is 1. The molecular weight excluding hydrogens is 440 g/mol. The number of Topliss-reactive ketones (excluding diaryl/α,β-unsaturated/α-hetero) is 1. The molecule has 0 saturated heterocycles. The van der Waals surface area contributed by atoms with Crippen LogP contribution in [0.3, 0.4) is 0 Å². The van der Waals surface area contributed by atoms with Crippen molar-refractivity contribution in [2.45, 2.75) is 68.2 Å². The van der Waals surface area contributed by atoms with Crippen molar-refractivity contribution in [1.82, 2.24) is 0 Å². The van der Waals surface area contributed by atoms with Crippen LogP contribution in [0.15, 0.2) is 115 Å². The van der Waals surface area contributed by atoms with Gasteiger partial charge in [-0.1, -0.05) is 63.6 Å². The monoisotopic (exact) mass is 478 g/mol. The molecule has 0 bridgehead atoms. The second-order valence-corrected chi connectivity index (χ2v) is 11.7. The van der Waals surface area contributed by atoms with Crippen LogP contribution in [0, 0.1) is 17.8 Å². The van der Waals surface area contributed by atoms with Gasteiger partial charge in [-0.15, -0.1) is 0 Å². The van der Waals surface area contributed by atoms with Crippen LogP contribution >= 0.6 is 0 Å². The molecule has 0 spiro atoms. The summed E-state index contributed by atoms with van der Waals surface area (Å²) in [5.41, 5.74) is 13.6. The van der Waals surface area contributed by atoms with Gasteiger partial charge in [0.1, 0.15) is 5.76 Å². The number of rotatable bonds is 3. The predicted octanol–water partition coefficient (Wildman–Crippen LogP) is 8.67. The molecule has 0 heterocycles. The van der Waals surface area contributed by atoms with Crippen molar-refractivity contribution in [3.8, 4) is 0 Å². The third-order valence-electron chi connectivity index (χ3n) is 8.52. The summed E-state index contributed by atoms with van der Waals surface area (Å²) in [4.78, 5) is 13.8. The molecule has 0 radical (unpaired) electrons. The third kappa shape index (κ3) is 3.65. The van der Waals surface area contributed by atoms with Gasteiger partial charge in [0.05, 0.1) is 11.1 Å². The fraction of sp³-hybridized carbons (Fsp3) is 0.382. The quantitative estimate of drug-likeness (QED) is 0.412. The Morgan fingerprint density at radius 2 is 1.58 bits per heavy atom. The number of ketones is 1. The Morgan fingerprint density at radius 1 is 0.861 bits per heavy atom. The number of aliphatic hydroxyl groups is 1. The van der Waals surface area contributed by atoms with Crippen LogP contribution in [0.2, 0.25) is 0 Å². The summed E-state index contributed by atoms with van der Waals surface area (Å²) in [5, 5.41) is 11.4. The SMILES string of the molecule is CC1=CC(C2=C(O)C(=C3CC(C)=C4C=C(C(C)C)C=CC(C)=C43)C2=O)=C2C(C)=CCC(C(C)C)C=C12. The maximum absolute atomic E-state index is 13.8. The number of carbonyl (C=O) groups is 1. The molecule has 186 valence electrons. The van der Waals surface area contributed by atoms with E-state index in [1.807, 2.05) is 0 Å². The lowest BCUT2D eigenvalue weighted by Gasteiger charge is -2.26. The first-order valence-corrected chi connectivity index (χ1v) is 13.4. The van der Waals surface area contributed by atoms with Crippen LogP contribution in [0.4, 0.5) is 0 Å². The van der Waals surface area contributed by atoms with Crippen molar-refractivity contribution in [1.29, 1.82) is 0 Å². The normalized spacial score (nSPS) is 26.3. The summed E-state index contributed by atoms with van der Waals surface area (Å²) in [5.74, 6) is 1.59. The van der Waals surface area contributed by atoms with Crippen molar-refractivity contribution in [3.05, 3.63) is 115 Å². The van der Waals surface area contributed by atoms with Gasteiger partial charge in [-0.05, 0) is 120 Å². The molecule has 2 heteroatoms. The summed E-state index contributed by atoms with van der Waals surface area (Å²) in [6, 6.07) is 0. The fourth-order valence-electron chi connectivity index (χ4n) is 6.20. The summed E-state index contributed by atoms with van der Waals surface area (Å²) in [7, 11) is 0. The molecule has 0 fully saturated rings. The van der Waals surface area contributed by atoms with Crippen molar-refractivity contribution in [2.75, 3.05) is 0 Å². The first-order valence-electron chi connectivity index (χ1n) is 13.4. The molecule has 1 unspecified atom stereocenters. The van der Waals surface area contributed by atoms with Gasteiger partial charge in [-0.3, -0.25) is 4.79 Å². The summed E-state index contributed by atoms with van der Waals surface area (Å²) < 4.78 is 0. The lowest BCUT2D eigenvalue weighted by atomic mass is 9.77. The molecule has 0 saturated carbocycles. The highest BCUT2D eigenvalue weighted by Gasteiger charge is 2.43. The molecule has 2 nitrogen and oxygen atoms in total. The van der Waals surface area contributed by atoms with E-state index in [2.05, 4.69) is 91.8 Å². The molecule has 0 aromatic rings. The van der Waals surface area contributed by atoms with Crippen LogP contribution in [-0.4, -0.2) is 10.9 Å². The predicted molar refractivity (Wildman–Crippen MR) is 149 cm³/mol. The van der Waals surface area contributed by atoms with E-state index in [0.29, 0.717) is 35.3 Å². The number of aliphatic hydroxyl groups excluding tert-OH is 1. The van der Waals surface area contributed by atoms with Gasteiger partial charge in [-0.25, -0.2) is 0 Å². The lowest BCUT2D eigenvalue weighted by Crippen LogP contribution is -2.25. The van der Waals surface area contributed by atoms with Gasteiger partial charge in [0.2, 0.25) is 5.78 Å². The molecule has 0 amide bonds. The minimum atomic E-state index is -0.0246. The van der Waals surface area contributed by atoms with Crippen LogP contribution in [0.5, 0.6) is 0 Å². The maximum Gasteiger partial charge on any atom is 0.201 e. The molecule has 0 aliphatic heterocycles. The Bertz CT molecular complexity index is 1410. The second kappa shape index (κ2) is 8.76. The van der Waals surface area contributed by atoms with Crippen LogP contribution in [-0.2, 0) is 4.79 Å². The zero-order chi connectivity index (χ0) is 26.0. The van der Waals surface area contributed by atoms with E-state index < -0.39 is 0 Å². The molecule has 36 heavy (non-hydrogen) atoms. The molecule has 0 aromatic heterocycles. The van der Waals surface area contributed by atoms with Gasteiger partial charge in [0.25, 0.3) is 0 Å². The number of allylic oxidation sites excluding steroid dienone is 19. The summed E-state index contributed by atoms with van der Waals surface area (Å²) in [6.45, 7) is 17.5. The van der Waals surface area contributed by atoms with Crippen LogP contribution in [0.1, 0.15) is 68.2 Å². The molecule has 0 aromatic carbocycles. The Morgan fingerprint density at radius 3 is 2.22 bits per heavy atom. The number of carbonyl (C=O) groups excluding carboxylic acids is 1. The zero-order valence-electron chi connectivity index (χ0n) is 23.0. The van der Waals surface area contributed by atoms with Crippen molar-refractivity contribution < 1.29 is 9.90 Å². The number of fused-ring (bicyclic) bond motifs is 2. The minimum Gasteiger partial charge on any atom is -0.506 e. The topological polar surface area (TPSA) is 37.3 Å². The second-order valence-electron chi connectivity index (χ2n) is 11.7. The van der Waals surface area contributed by atoms with Gasteiger partial charge in [0.15, 0.2) is 0 Å². The number of hydrogen-bond acceptors (Lipinski definition) is 2. The highest BCUT2D eigenvalue weighted by atomic mass is 16.3. The third-order valence-corrected chi connectivity index (χ3v) is 8.52. The van der Waals surface area contributed by atoms with Gasteiger partial charge in [0, 0.05) is 0 Å². The highest BCUT2D eigenvalue weighted by molar-refractivity contribution is 6.23.